The number of pyridine rings is 1. The van der Waals surface area contributed by atoms with Crippen LogP contribution in [-0.4, -0.2) is 25.6 Å². The van der Waals surface area contributed by atoms with Gasteiger partial charge in [-0.15, -0.1) is 0 Å². The predicted molar refractivity (Wildman–Crippen MR) is 96.6 cm³/mol. The standard InChI is InChI=1S/C20H21N3O2/c1-13-5-8-15(9-6-13)23-18-10-7-14(20(24)25)12-17(18)22-19(23)16-4-2-3-11-21-16/h2-4,7,10-13,15H,5-6,8-9H2,1H3,(H,24,25). The van der Waals surface area contributed by atoms with Gasteiger partial charge in [-0.1, -0.05) is 13.0 Å². The normalized spacial score (nSPS) is 20.7. The van der Waals surface area contributed by atoms with Crippen LogP contribution in [0, 0.1) is 5.92 Å². The highest BCUT2D eigenvalue weighted by Crippen LogP contribution is 2.37. The maximum absolute atomic E-state index is 11.3. The van der Waals surface area contributed by atoms with Crippen molar-refractivity contribution in [1.82, 2.24) is 14.5 Å². The summed E-state index contributed by atoms with van der Waals surface area (Å²) in [5.74, 6) is 0.669. The van der Waals surface area contributed by atoms with Crippen molar-refractivity contribution in [2.24, 2.45) is 5.92 Å². The van der Waals surface area contributed by atoms with E-state index in [-0.39, 0.29) is 5.56 Å². The Morgan fingerprint density at radius 3 is 2.64 bits per heavy atom. The summed E-state index contributed by atoms with van der Waals surface area (Å²) < 4.78 is 2.27. The van der Waals surface area contributed by atoms with Crippen LogP contribution < -0.4 is 0 Å². The molecule has 0 radical (unpaired) electrons. The first-order chi connectivity index (χ1) is 12.1. The lowest BCUT2D eigenvalue weighted by molar-refractivity contribution is 0.0697. The van der Waals surface area contributed by atoms with Gasteiger partial charge in [-0.2, -0.15) is 0 Å². The monoisotopic (exact) mass is 335 g/mol. The average Bonchev–Trinajstić information content (AvgIpc) is 3.02. The van der Waals surface area contributed by atoms with Gasteiger partial charge in [-0.05, 0) is 61.9 Å². The average molecular weight is 335 g/mol. The summed E-state index contributed by atoms with van der Waals surface area (Å²) in [6, 6.07) is 11.4. The number of aromatic carboxylic acids is 1. The molecule has 3 aromatic rings. The van der Waals surface area contributed by atoms with Crippen LogP contribution in [0.2, 0.25) is 0 Å². The van der Waals surface area contributed by atoms with E-state index < -0.39 is 5.97 Å². The number of imidazole rings is 1. The first-order valence-corrected chi connectivity index (χ1v) is 8.80. The van der Waals surface area contributed by atoms with Crippen LogP contribution in [0.4, 0.5) is 0 Å². The van der Waals surface area contributed by atoms with Gasteiger partial charge in [0, 0.05) is 12.2 Å². The van der Waals surface area contributed by atoms with Crippen LogP contribution in [0.1, 0.15) is 49.0 Å². The lowest BCUT2D eigenvalue weighted by atomic mass is 9.87. The highest BCUT2D eigenvalue weighted by molar-refractivity contribution is 5.93. The van der Waals surface area contributed by atoms with Crippen molar-refractivity contribution >= 4 is 17.0 Å². The molecule has 128 valence electrons. The number of carboxylic acids is 1. The third-order valence-corrected chi connectivity index (χ3v) is 5.18. The number of carbonyl (C=O) groups is 1. The molecule has 5 nitrogen and oxygen atoms in total. The van der Waals surface area contributed by atoms with Crippen molar-refractivity contribution in [3.8, 4) is 11.5 Å². The van der Waals surface area contributed by atoms with Crippen LogP contribution in [0.15, 0.2) is 42.6 Å². The first-order valence-electron chi connectivity index (χ1n) is 8.80. The van der Waals surface area contributed by atoms with Crippen molar-refractivity contribution in [3.05, 3.63) is 48.2 Å². The van der Waals surface area contributed by atoms with Crippen LogP contribution in [0.25, 0.3) is 22.6 Å². The van der Waals surface area contributed by atoms with E-state index in [4.69, 9.17) is 4.98 Å². The largest absolute Gasteiger partial charge is 0.478 e. The summed E-state index contributed by atoms with van der Waals surface area (Å²) in [6.07, 6.45) is 6.42. The lowest BCUT2D eigenvalue weighted by Crippen LogP contribution is -2.17. The van der Waals surface area contributed by atoms with Crippen LogP contribution in [-0.2, 0) is 0 Å². The summed E-state index contributed by atoms with van der Waals surface area (Å²) in [6.45, 7) is 2.31. The molecule has 1 N–H and O–H groups in total. The molecule has 2 aromatic heterocycles. The predicted octanol–water partition coefficient (Wildman–Crippen LogP) is 4.55. The Morgan fingerprint density at radius 1 is 1.16 bits per heavy atom. The third kappa shape index (κ3) is 2.90. The van der Waals surface area contributed by atoms with E-state index in [1.54, 1.807) is 18.3 Å². The third-order valence-electron chi connectivity index (χ3n) is 5.18. The Kier molecular flexibility index (Phi) is 3.99. The molecule has 1 saturated carbocycles. The molecule has 2 heterocycles. The van der Waals surface area contributed by atoms with Crippen molar-refractivity contribution in [2.45, 2.75) is 38.6 Å². The molecule has 0 spiro atoms. The van der Waals surface area contributed by atoms with Gasteiger partial charge in [0.2, 0.25) is 0 Å². The smallest absolute Gasteiger partial charge is 0.335 e. The Labute approximate surface area is 146 Å². The zero-order chi connectivity index (χ0) is 17.4. The molecule has 0 aliphatic heterocycles. The van der Waals surface area contributed by atoms with Crippen molar-refractivity contribution in [3.63, 3.8) is 0 Å². The van der Waals surface area contributed by atoms with Gasteiger partial charge >= 0.3 is 5.97 Å². The quantitative estimate of drug-likeness (QED) is 0.762. The molecule has 0 bridgehead atoms. The van der Waals surface area contributed by atoms with Crippen molar-refractivity contribution in [2.75, 3.05) is 0 Å². The van der Waals surface area contributed by atoms with Gasteiger partial charge < -0.3 is 9.67 Å². The van der Waals surface area contributed by atoms with Crippen LogP contribution in [0.3, 0.4) is 0 Å². The van der Waals surface area contributed by atoms with Gasteiger partial charge in [0.15, 0.2) is 5.82 Å². The Balaban J connectivity index is 1.89. The summed E-state index contributed by atoms with van der Waals surface area (Å²) >= 11 is 0. The second-order valence-corrected chi connectivity index (χ2v) is 6.94. The number of benzene rings is 1. The molecule has 0 saturated heterocycles. The van der Waals surface area contributed by atoms with E-state index in [1.807, 2.05) is 24.3 Å². The molecule has 5 heteroatoms. The van der Waals surface area contributed by atoms with Crippen molar-refractivity contribution < 1.29 is 9.90 Å². The van der Waals surface area contributed by atoms with E-state index in [0.29, 0.717) is 6.04 Å². The van der Waals surface area contributed by atoms with Gasteiger partial charge in [-0.25, -0.2) is 9.78 Å². The molecule has 1 aliphatic carbocycles. The minimum Gasteiger partial charge on any atom is -0.478 e. The molecular formula is C20H21N3O2. The molecule has 1 aromatic carbocycles. The Morgan fingerprint density at radius 2 is 1.96 bits per heavy atom. The van der Waals surface area contributed by atoms with E-state index in [1.165, 1.54) is 12.8 Å². The number of hydrogen-bond donors (Lipinski definition) is 1. The molecule has 25 heavy (non-hydrogen) atoms. The van der Waals surface area contributed by atoms with E-state index in [2.05, 4.69) is 16.5 Å². The summed E-state index contributed by atoms with van der Waals surface area (Å²) in [5, 5.41) is 9.27. The summed E-state index contributed by atoms with van der Waals surface area (Å²) in [4.78, 5) is 20.5. The highest BCUT2D eigenvalue weighted by Gasteiger charge is 2.25. The fraction of sp³-hybridized carbons (Fsp3) is 0.350. The Hall–Kier alpha value is -2.69. The van der Waals surface area contributed by atoms with Crippen LogP contribution in [0.5, 0.6) is 0 Å². The minimum absolute atomic E-state index is 0.266. The summed E-state index contributed by atoms with van der Waals surface area (Å²) in [5.41, 5.74) is 2.81. The number of nitrogens with zero attached hydrogens (tertiary/aromatic N) is 3. The van der Waals surface area contributed by atoms with E-state index >= 15 is 0 Å². The molecule has 0 unspecified atom stereocenters. The van der Waals surface area contributed by atoms with Gasteiger partial charge in [-0.3, -0.25) is 4.98 Å². The highest BCUT2D eigenvalue weighted by atomic mass is 16.4. The number of fused-ring (bicyclic) bond motifs is 1. The second kappa shape index (κ2) is 6.31. The van der Waals surface area contributed by atoms with Crippen molar-refractivity contribution in [1.29, 1.82) is 0 Å². The molecule has 0 atom stereocenters. The number of rotatable bonds is 3. The number of hydrogen-bond acceptors (Lipinski definition) is 3. The van der Waals surface area contributed by atoms with Gasteiger partial charge in [0.1, 0.15) is 5.69 Å². The maximum atomic E-state index is 11.3. The molecule has 1 fully saturated rings. The molecule has 1 aliphatic rings. The Bertz CT molecular complexity index is 909. The fourth-order valence-electron chi connectivity index (χ4n) is 3.78. The molecule has 4 rings (SSSR count). The number of carboxylic acid groups (broad SMARTS) is 1. The SMILES string of the molecule is CC1CCC(n2c(-c3ccccn3)nc3cc(C(=O)O)ccc32)CC1. The molecular weight excluding hydrogens is 314 g/mol. The topological polar surface area (TPSA) is 68.0 Å². The summed E-state index contributed by atoms with van der Waals surface area (Å²) in [7, 11) is 0. The number of aromatic nitrogens is 3. The zero-order valence-corrected chi connectivity index (χ0v) is 14.2. The van der Waals surface area contributed by atoms with Gasteiger partial charge in [0.25, 0.3) is 0 Å². The first kappa shape index (κ1) is 15.8. The van der Waals surface area contributed by atoms with Gasteiger partial charge in [0.05, 0.1) is 16.6 Å². The van der Waals surface area contributed by atoms with Crippen LogP contribution >= 0.6 is 0 Å². The molecule has 0 amide bonds. The van der Waals surface area contributed by atoms with E-state index in [9.17, 15) is 9.90 Å². The fourth-order valence-corrected chi connectivity index (χ4v) is 3.78. The lowest BCUT2D eigenvalue weighted by Gasteiger charge is -2.29. The zero-order valence-electron chi connectivity index (χ0n) is 14.2. The second-order valence-electron chi connectivity index (χ2n) is 6.94. The van der Waals surface area contributed by atoms with E-state index in [0.717, 1.165) is 41.3 Å². The minimum atomic E-state index is -0.928. The maximum Gasteiger partial charge on any atom is 0.335 e.